The second-order valence-corrected chi connectivity index (χ2v) is 3.84. The molecule has 0 aliphatic carbocycles. The minimum atomic E-state index is 0.356. The van der Waals surface area contributed by atoms with Crippen LogP contribution in [0, 0.1) is 0 Å². The molecule has 2 heteroatoms. The standard InChI is InChI=1S/C13H12O2/c1-2-5-12-10(4-1)8-11(9-15-12)13-6-3-7-14-13/h1-7,11H,8-9H2. The van der Waals surface area contributed by atoms with Gasteiger partial charge < -0.3 is 9.15 Å². The highest BCUT2D eigenvalue weighted by atomic mass is 16.5. The lowest BCUT2D eigenvalue weighted by atomic mass is 9.95. The molecule has 0 fully saturated rings. The Morgan fingerprint density at radius 3 is 2.87 bits per heavy atom. The first kappa shape index (κ1) is 8.60. The van der Waals surface area contributed by atoms with Gasteiger partial charge in [-0.1, -0.05) is 18.2 Å². The summed E-state index contributed by atoms with van der Waals surface area (Å²) in [6.45, 7) is 0.713. The molecule has 2 aromatic rings. The molecule has 1 aromatic heterocycles. The number of benzene rings is 1. The number of fused-ring (bicyclic) bond motifs is 1. The summed E-state index contributed by atoms with van der Waals surface area (Å²) < 4.78 is 11.1. The lowest BCUT2D eigenvalue weighted by Gasteiger charge is -2.23. The molecule has 0 radical (unpaired) electrons. The second-order valence-electron chi connectivity index (χ2n) is 3.84. The normalized spacial score (nSPS) is 19.3. The molecular formula is C13H12O2. The van der Waals surface area contributed by atoms with Crippen LogP contribution in [0.4, 0.5) is 0 Å². The summed E-state index contributed by atoms with van der Waals surface area (Å²) >= 11 is 0. The Balaban J connectivity index is 1.89. The van der Waals surface area contributed by atoms with Gasteiger partial charge in [-0.25, -0.2) is 0 Å². The molecule has 2 heterocycles. The zero-order valence-corrected chi connectivity index (χ0v) is 8.35. The highest BCUT2D eigenvalue weighted by molar-refractivity contribution is 5.36. The first-order valence-electron chi connectivity index (χ1n) is 5.17. The molecule has 1 atom stereocenters. The number of ether oxygens (including phenoxy) is 1. The van der Waals surface area contributed by atoms with Crippen LogP contribution in [-0.4, -0.2) is 6.61 Å². The number of rotatable bonds is 1. The van der Waals surface area contributed by atoms with Gasteiger partial charge >= 0.3 is 0 Å². The van der Waals surface area contributed by atoms with Gasteiger partial charge in [-0.2, -0.15) is 0 Å². The van der Waals surface area contributed by atoms with Gasteiger partial charge in [0.05, 0.1) is 18.8 Å². The van der Waals surface area contributed by atoms with E-state index in [1.807, 2.05) is 30.3 Å². The summed E-state index contributed by atoms with van der Waals surface area (Å²) in [5.41, 5.74) is 1.27. The molecule has 1 aliphatic rings. The van der Waals surface area contributed by atoms with E-state index in [1.165, 1.54) is 5.56 Å². The van der Waals surface area contributed by atoms with Crippen LogP contribution < -0.4 is 4.74 Å². The molecule has 15 heavy (non-hydrogen) atoms. The highest BCUT2D eigenvalue weighted by Gasteiger charge is 2.22. The van der Waals surface area contributed by atoms with E-state index in [9.17, 15) is 0 Å². The number of hydrogen-bond acceptors (Lipinski definition) is 2. The van der Waals surface area contributed by atoms with Gasteiger partial charge in [0.25, 0.3) is 0 Å². The molecule has 76 valence electrons. The highest BCUT2D eigenvalue weighted by Crippen LogP contribution is 2.32. The average molecular weight is 200 g/mol. The molecular weight excluding hydrogens is 188 g/mol. The summed E-state index contributed by atoms with van der Waals surface area (Å²) in [5, 5.41) is 0. The molecule has 1 aromatic carbocycles. The Labute approximate surface area is 88.5 Å². The van der Waals surface area contributed by atoms with E-state index in [0.717, 1.165) is 17.9 Å². The van der Waals surface area contributed by atoms with Crippen molar-refractivity contribution in [3.8, 4) is 5.75 Å². The maximum absolute atomic E-state index is 5.70. The van der Waals surface area contributed by atoms with Crippen molar-refractivity contribution < 1.29 is 9.15 Å². The zero-order valence-electron chi connectivity index (χ0n) is 8.35. The third-order valence-electron chi connectivity index (χ3n) is 2.82. The van der Waals surface area contributed by atoms with Crippen LogP contribution in [0.1, 0.15) is 17.2 Å². The topological polar surface area (TPSA) is 22.4 Å². The van der Waals surface area contributed by atoms with Crippen LogP contribution in [0.25, 0.3) is 0 Å². The SMILES string of the molecule is c1coc(C2COc3ccccc3C2)c1. The van der Waals surface area contributed by atoms with Crippen molar-refractivity contribution in [3.63, 3.8) is 0 Å². The molecule has 3 rings (SSSR count). The largest absolute Gasteiger partial charge is 0.493 e. The fourth-order valence-corrected chi connectivity index (χ4v) is 2.03. The smallest absolute Gasteiger partial charge is 0.122 e. The molecule has 0 N–H and O–H groups in total. The maximum atomic E-state index is 5.70. The fraction of sp³-hybridized carbons (Fsp3) is 0.231. The monoisotopic (exact) mass is 200 g/mol. The summed E-state index contributed by atoms with van der Waals surface area (Å²) in [6.07, 6.45) is 2.72. The van der Waals surface area contributed by atoms with E-state index < -0.39 is 0 Å². The molecule has 1 aliphatic heterocycles. The summed E-state index contributed by atoms with van der Waals surface area (Å²) in [7, 11) is 0. The number of hydrogen-bond donors (Lipinski definition) is 0. The van der Waals surface area contributed by atoms with E-state index >= 15 is 0 Å². The molecule has 0 bridgehead atoms. The van der Waals surface area contributed by atoms with Gasteiger partial charge in [0.2, 0.25) is 0 Å². The van der Waals surface area contributed by atoms with Crippen molar-refractivity contribution in [2.45, 2.75) is 12.3 Å². The van der Waals surface area contributed by atoms with Crippen molar-refractivity contribution in [3.05, 3.63) is 54.0 Å². The second kappa shape index (κ2) is 3.46. The Kier molecular flexibility index (Phi) is 1.98. The van der Waals surface area contributed by atoms with Gasteiger partial charge in [0, 0.05) is 0 Å². The van der Waals surface area contributed by atoms with Gasteiger partial charge in [0.1, 0.15) is 11.5 Å². The number of para-hydroxylation sites is 1. The lowest BCUT2D eigenvalue weighted by Crippen LogP contribution is -2.18. The van der Waals surface area contributed by atoms with Crippen LogP contribution in [-0.2, 0) is 6.42 Å². The fourth-order valence-electron chi connectivity index (χ4n) is 2.03. The number of furan rings is 1. The third-order valence-corrected chi connectivity index (χ3v) is 2.82. The predicted molar refractivity (Wildman–Crippen MR) is 57.1 cm³/mol. The first-order valence-corrected chi connectivity index (χ1v) is 5.17. The summed E-state index contributed by atoms with van der Waals surface area (Å²) in [6, 6.07) is 12.1. The van der Waals surface area contributed by atoms with Gasteiger partial charge in [0.15, 0.2) is 0 Å². The molecule has 0 saturated heterocycles. The molecule has 1 unspecified atom stereocenters. The van der Waals surface area contributed by atoms with Crippen LogP contribution >= 0.6 is 0 Å². The van der Waals surface area contributed by atoms with E-state index in [-0.39, 0.29) is 0 Å². The molecule has 0 amide bonds. The van der Waals surface area contributed by atoms with Crippen LogP contribution in [0.2, 0.25) is 0 Å². The lowest BCUT2D eigenvalue weighted by molar-refractivity contribution is 0.245. The summed E-state index contributed by atoms with van der Waals surface area (Å²) in [5.74, 6) is 2.39. The molecule has 0 spiro atoms. The van der Waals surface area contributed by atoms with Crippen molar-refractivity contribution >= 4 is 0 Å². The first-order chi connectivity index (χ1) is 7.43. The minimum Gasteiger partial charge on any atom is -0.493 e. The maximum Gasteiger partial charge on any atom is 0.122 e. The van der Waals surface area contributed by atoms with Crippen LogP contribution in [0.15, 0.2) is 47.1 Å². The Morgan fingerprint density at radius 1 is 1.07 bits per heavy atom. The predicted octanol–water partition coefficient (Wildman–Crippen LogP) is 3.00. The van der Waals surface area contributed by atoms with Crippen molar-refractivity contribution in [2.24, 2.45) is 0 Å². The Morgan fingerprint density at radius 2 is 2.00 bits per heavy atom. The van der Waals surface area contributed by atoms with E-state index in [0.29, 0.717) is 12.5 Å². The Bertz CT molecular complexity index is 445. The van der Waals surface area contributed by atoms with Gasteiger partial charge in [-0.3, -0.25) is 0 Å². The van der Waals surface area contributed by atoms with Crippen LogP contribution in [0.5, 0.6) is 5.75 Å². The van der Waals surface area contributed by atoms with Crippen molar-refractivity contribution in [1.29, 1.82) is 0 Å². The molecule has 2 nitrogen and oxygen atoms in total. The third kappa shape index (κ3) is 1.52. The van der Waals surface area contributed by atoms with E-state index in [4.69, 9.17) is 9.15 Å². The van der Waals surface area contributed by atoms with Crippen molar-refractivity contribution in [2.75, 3.05) is 6.61 Å². The molecule has 0 saturated carbocycles. The van der Waals surface area contributed by atoms with Gasteiger partial charge in [-0.05, 0) is 30.2 Å². The van der Waals surface area contributed by atoms with E-state index in [2.05, 4.69) is 6.07 Å². The minimum absolute atomic E-state index is 0.356. The zero-order chi connectivity index (χ0) is 10.1. The Hall–Kier alpha value is -1.70. The van der Waals surface area contributed by atoms with Crippen LogP contribution in [0.3, 0.4) is 0 Å². The summed E-state index contributed by atoms with van der Waals surface area (Å²) in [4.78, 5) is 0. The quantitative estimate of drug-likeness (QED) is 0.706. The average Bonchev–Trinajstić information content (AvgIpc) is 2.82. The van der Waals surface area contributed by atoms with Gasteiger partial charge in [-0.15, -0.1) is 0 Å². The van der Waals surface area contributed by atoms with E-state index in [1.54, 1.807) is 6.26 Å². The van der Waals surface area contributed by atoms with Crippen molar-refractivity contribution in [1.82, 2.24) is 0 Å².